The number of carbonyl (C=O) groups excluding carboxylic acids is 2. The lowest BCUT2D eigenvalue weighted by molar-refractivity contribution is -0.152. The minimum Gasteiger partial charge on any atom is -0.466 e. The molecule has 0 unspecified atom stereocenters. The maximum absolute atomic E-state index is 13.3. The van der Waals surface area contributed by atoms with Gasteiger partial charge in [-0.05, 0) is 61.9 Å². The minimum atomic E-state index is -1.03. The summed E-state index contributed by atoms with van der Waals surface area (Å²) in [7, 11) is 0. The molecule has 1 aliphatic carbocycles. The van der Waals surface area contributed by atoms with Crippen LogP contribution in [-0.2, 0) is 16.0 Å². The van der Waals surface area contributed by atoms with Crippen LogP contribution in [0.1, 0.15) is 36.0 Å². The van der Waals surface area contributed by atoms with Crippen LogP contribution in [0.5, 0.6) is 0 Å². The van der Waals surface area contributed by atoms with Crippen LogP contribution < -0.4 is 10.6 Å². The van der Waals surface area contributed by atoms with E-state index in [-0.39, 0.29) is 29.5 Å². The monoisotopic (exact) mass is 456 g/mol. The highest BCUT2D eigenvalue weighted by molar-refractivity contribution is 6.00. The van der Waals surface area contributed by atoms with Gasteiger partial charge in [-0.2, -0.15) is 0 Å². The normalized spacial score (nSPS) is 17.2. The molecule has 0 spiro atoms. The number of benzene rings is 2. The number of hydrogen-bond donors (Lipinski definition) is 2. The number of aromatic nitrogens is 2. The fourth-order valence-corrected chi connectivity index (χ4v) is 3.66. The number of carbonyl (C=O) groups is 2. The molecule has 1 fully saturated rings. The highest BCUT2D eigenvalue weighted by Gasteiger charge is 2.35. The second kappa shape index (κ2) is 9.76. The summed E-state index contributed by atoms with van der Waals surface area (Å²) in [6.45, 7) is 2.21. The van der Waals surface area contributed by atoms with E-state index in [1.165, 1.54) is 6.07 Å². The van der Waals surface area contributed by atoms with Crippen molar-refractivity contribution in [2.45, 2.75) is 26.2 Å². The lowest BCUT2D eigenvalue weighted by Gasteiger charge is -2.33. The molecule has 0 saturated heterocycles. The molecular weight excluding hydrogens is 434 g/mol. The van der Waals surface area contributed by atoms with E-state index in [0.29, 0.717) is 18.2 Å². The Morgan fingerprint density at radius 3 is 2.48 bits per heavy atom. The molecule has 1 aliphatic rings. The molecule has 0 atom stereocenters. The van der Waals surface area contributed by atoms with Crippen LogP contribution in [0.25, 0.3) is 0 Å². The number of rotatable bonds is 8. The van der Waals surface area contributed by atoms with Gasteiger partial charge < -0.3 is 19.8 Å². The minimum absolute atomic E-state index is 0.00405. The molecule has 4 rings (SSSR count). The Labute approximate surface area is 188 Å². The van der Waals surface area contributed by atoms with Crippen molar-refractivity contribution in [3.8, 4) is 0 Å². The third kappa shape index (κ3) is 5.51. The van der Waals surface area contributed by atoms with Crippen molar-refractivity contribution in [3.63, 3.8) is 0 Å². The van der Waals surface area contributed by atoms with Gasteiger partial charge in [0.15, 0.2) is 11.6 Å². The molecule has 8 nitrogen and oxygen atoms in total. The van der Waals surface area contributed by atoms with Gasteiger partial charge in [0.1, 0.15) is 0 Å². The zero-order chi connectivity index (χ0) is 23.4. The Bertz CT molecular complexity index is 1140. The molecule has 1 aromatic heterocycles. The summed E-state index contributed by atoms with van der Waals surface area (Å²) in [5.74, 6) is -2.57. The van der Waals surface area contributed by atoms with E-state index in [9.17, 15) is 18.4 Å². The van der Waals surface area contributed by atoms with Crippen LogP contribution in [0.4, 0.5) is 26.2 Å². The van der Waals surface area contributed by atoms with Crippen molar-refractivity contribution < 1.29 is 27.5 Å². The van der Waals surface area contributed by atoms with Gasteiger partial charge in [0.2, 0.25) is 0 Å². The fourth-order valence-electron chi connectivity index (χ4n) is 3.66. The van der Waals surface area contributed by atoms with Crippen LogP contribution >= 0.6 is 0 Å². The molecule has 1 amide bonds. The number of halogens is 2. The second-order valence-electron chi connectivity index (χ2n) is 7.81. The smallest absolute Gasteiger partial charge is 0.320 e. The van der Waals surface area contributed by atoms with Crippen molar-refractivity contribution >= 4 is 29.3 Å². The van der Waals surface area contributed by atoms with E-state index in [0.717, 1.165) is 37.0 Å². The molecular formula is C23H22F2N4O4. The van der Waals surface area contributed by atoms with Crippen LogP contribution in [-0.4, -0.2) is 28.7 Å². The summed E-state index contributed by atoms with van der Waals surface area (Å²) in [5, 5.41) is 12.6. The fraction of sp³-hybridized carbons (Fsp3) is 0.304. The van der Waals surface area contributed by atoms with Gasteiger partial charge in [-0.15, -0.1) is 5.10 Å². The first-order valence-corrected chi connectivity index (χ1v) is 10.5. The highest BCUT2D eigenvalue weighted by Crippen LogP contribution is 2.37. The van der Waals surface area contributed by atoms with Gasteiger partial charge in [-0.25, -0.2) is 8.78 Å². The lowest BCUT2D eigenvalue weighted by Crippen LogP contribution is -2.33. The van der Waals surface area contributed by atoms with E-state index < -0.39 is 17.5 Å². The predicted molar refractivity (Wildman–Crippen MR) is 115 cm³/mol. The molecule has 10 heteroatoms. The molecule has 33 heavy (non-hydrogen) atoms. The van der Waals surface area contributed by atoms with Crippen molar-refractivity contribution in [1.82, 2.24) is 10.2 Å². The molecule has 1 heterocycles. The van der Waals surface area contributed by atoms with E-state index in [2.05, 4.69) is 20.8 Å². The van der Waals surface area contributed by atoms with Gasteiger partial charge in [0.05, 0.1) is 12.5 Å². The van der Waals surface area contributed by atoms with E-state index in [1.54, 1.807) is 19.1 Å². The Balaban J connectivity index is 1.27. The van der Waals surface area contributed by atoms with Crippen molar-refractivity contribution in [2.75, 3.05) is 17.2 Å². The third-order valence-corrected chi connectivity index (χ3v) is 5.38. The molecule has 2 aromatic carbocycles. The maximum atomic E-state index is 13.3. The van der Waals surface area contributed by atoms with Gasteiger partial charge in [-0.1, -0.05) is 17.2 Å². The molecule has 0 radical (unpaired) electrons. The van der Waals surface area contributed by atoms with Gasteiger partial charge in [0.25, 0.3) is 0 Å². The second-order valence-corrected chi connectivity index (χ2v) is 7.81. The Morgan fingerprint density at radius 1 is 1.06 bits per heavy atom. The van der Waals surface area contributed by atoms with Crippen LogP contribution in [0, 0.1) is 23.5 Å². The Morgan fingerprint density at radius 2 is 1.79 bits per heavy atom. The number of esters is 1. The molecule has 0 aliphatic heterocycles. The van der Waals surface area contributed by atoms with Crippen LogP contribution in [0.2, 0.25) is 0 Å². The number of anilines is 3. The zero-order valence-corrected chi connectivity index (χ0v) is 17.8. The SMILES string of the molecule is CCOC(=O)[C@H]1C[C@@H](Cc2ccc(NC(=O)c3nnc(Nc4ccc(F)c(F)c4)o3)cc2)C1. The summed E-state index contributed by atoms with van der Waals surface area (Å²) in [5.41, 5.74) is 1.85. The molecule has 3 aromatic rings. The quantitative estimate of drug-likeness (QED) is 0.482. The van der Waals surface area contributed by atoms with Gasteiger partial charge in [0, 0.05) is 17.4 Å². The molecule has 1 saturated carbocycles. The summed E-state index contributed by atoms with van der Waals surface area (Å²) in [4.78, 5) is 24.1. The highest BCUT2D eigenvalue weighted by atomic mass is 19.2. The largest absolute Gasteiger partial charge is 0.466 e. The van der Waals surface area contributed by atoms with Crippen molar-refractivity contribution in [3.05, 3.63) is 65.6 Å². The number of hydrogen-bond acceptors (Lipinski definition) is 7. The Hall–Kier alpha value is -3.82. The summed E-state index contributed by atoms with van der Waals surface area (Å²) in [6, 6.07) is 10.4. The van der Waals surface area contributed by atoms with Crippen LogP contribution in [0.15, 0.2) is 46.9 Å². The summed E-state index contributed by atoms with van der Waals surface area (Å²) in [6.07, 6.45) is 2.51. The molecule has 172 valence electrons. The number of amides is 1. The summed E-state index contributed by atoms with van der Waals surface area (Å²) >= 11 is 0. The first kappa shape index (κ1) is 22.4. The zero-order valence-electron chi connectivity index (χ0n) is 17.8. The van der Waals surface area contributed by atoms with Gasteiger partial charge >= 0.3 is 23.8 Å². The summed E-state index contributed by atoms with van der Waals surface area (Å²) < 4.78 is 36.6. The average molecular weight is 456 g/mol. The van der Waals surface area contributed by atoms with E-state index in [1.807, 2.05) is 12.1 Å². The Kier molecular flexibility index (Phi) is 6.62. The standard InChI is InChI=1S/C23H22F2N4O4/c1-2-32-22(31)15-10-14(11-15)9-13-3-5-16(6-4-13)26-20(30)21-28-29-23(33-21)27-17-7-8-18(24)19(25)12-17/h3-8,12,14-15H,2,9-11H2,1H3,(H,26,30)(H,27,29)/t14-,15+. The number of ether oxygens (including phenoxy) is 1. The molecule has 2 N–H and O–H groups in total. The molecule has 0 bridgehead atoms. The van der Waals surface area contributed by atoms with Crippen molar-refractivity contribution in [2.24, 2.45) is 11.8 Å². The van der Waals surface area contributed by atoms with Crippen LogP contribution in [0.3, 0.4) is 0 Å². The van der Waals surface area contributed by atoms with Crippen molar-refractivity contribution in [1.29, 1.82) is 0 Å². The predicted octanol–water partition coefficient (Wildman–Crippen LogP) is 4.48. The maximum Gasteiger partial charge on any atom is 0.320 e. The lowest BCUT2D eigenvalue weighted by atomic mass is 9.72. The van der Waals surface area contributed by atoms with E-state index >= 15 is 0 Å². The number of nitrogens with one attached hydrogen (secondary N) is 2. The number of nitrogens with zero attached hydrogens (tertiary/aromatic N) is 2. The first-order chi connectivity index (χ1) is 15.9. The topological polar surface area (TPSA) is 106 Å². The average Bonchev–Trinajstić information content (AvgIpc) is 3.23. The third-order valence-electron chi connectivity index (χ3n) is 5.38. The van der Waals surface area contributed by atoms with Gasteiger partial charge in [-0.3, -0.25) is 9.59 Å². The van der Waals surface area contributed by atoms with E-state index in [4.69, 9.17) is 9.15 Å². The first-order valence-electron chi connectivity index (χ1n) is 10.5.